The van der Waals surface area contributed by atoms with Crippen molar-refractivity contribution < 1.29 is 4.74 Å². The molecule has 0 atom stereocenters. The highest BCUT2D eigenvalue weighted by atomic mass is 35.5. The Labute approximate surface area is 113 Å². The van der Waals surface area contributed by atoms with E-state index in [9.17, 15) is 0 Å². The van der Waals surface area contributed by atoms with Crippen LogP contribution in [0, 0.1) is 0 Å². The molecule has 0 saturated heterocycles. The third-order valence-corrected chi connectivity index (χ3v) is 2.37. The van der Waals surface area contributed by atoms with Crippen LogP contribution in [0.3, 0.4) is 0 Å². The Bertz CT molecular complexity index is 397. The van der Waals surface area contributed by atoms with Crippen molar-refractivity contribution in [2.45, 2.75) is 26.4 Å². The molecule has 0 aromatic carbocycles. The molecule has 1 heterocycles. The molecule has 6 nitrogen and oxygen atoms in total. The fraction of sp³-hybridized carbons (Fsp3) is 0.727. The summed E-state index contributed by atoms with van der Waals surface area (Å²) in [6.07, 6.45) is 0. The van der Waals surface area contributed by atoms with Gasteiger partial charge in [0.1, 0.15) is 0 Å². The molecule has 0 aliphatic rings. The molecule has 0 aliphatic carbocycles. The standard InChI is InChI=1S/C11H20ClN5O/c1-6-18-11(2,3)7-13-9-14-8(12)15-10(16-9)17(4)5/h6-7H2,1-5H3,(H,13,14,15,16). The van der Waals surface area contributed by atoms with Crippen molar-refractivity contribution in [3.8, 4) is 0 Å². The molecule has 1 aromatic heterocycles. The zero-order valence-corrected chi connectivity index (χ0v) is 12.2. The molecular formula is C11H20ClN5O. The fourth-order valence-electron chi connectivity index (χ4n) is 1.35. The van der Waals surface area contributed by atoms with Crippen molar-refractivity contribution in [1.29, 1.82) is 0 Å². The molecule has 0 spiro atoms. The summed E-state index contributed by atoms with van der Waals surface area (Å²) in [6.45, 7) is 7.22. The van der Waals surface area contributed by atoms with Gasteiger partial charge in [0, 0.05) is 27.2 Å². The van der Waals surface area contributed by atoms with Crippen LogP contribution in [0.2, 0.25) is 5.28 Å². The first-order valence-corrected chi connectivity index (χ1v) is 6.18. The summed E-state index contributed by atoms with van der Waals surface area (Å²) < 4.78 is 5.58. The van der Waals surface area contributed by atoms with Crippen LogP contribution < -0.4 is 10.2 Å². The van der Waals surface area contributed by atoms with Gasteiger partial charge in [-0.05, 0) is 32.4 Å². The van der Waals surface area contributed by atoms with E-state index in [1.54, 1.807) is 4.90 Å². The molecule has 102 valence electrons. The van der Waals surface area contributed by atoms with Crippen molar-refractivity contribution in [3.63, 3.8) is 0 Å². The molecule has 0 radical (unpaired) electrons. The summed E-state index contributed by atoms with van der Waals surface area (Å²) in [5.41, 5.74) is -0.286. The number of rotatable bonds is 6. The molecule has 0 amide bonds. The second kappa shape index (κ2) is 6.15. The monoisotopic (exact) mass is 273 g/mol. The Balaban J connectivity index is 2.73. The van der Waals surface area contributed by atoms with E-state index in [0.29, 0.717) is 25.0 Å². The topological polar surface area (TPSA) is 63.2 Å². The number of aromatic nitrogens is 3. The SMILES string of the molecule is CCOC(C)(C)CNc1nc(Cl)nc(N(C)C)n1. The maximum atomic E-state index is 5.85. The van der Waals surface area contributed by atoms with Crippen LogP contribution in [0.4, 0.5) is 11.9 Å². The average Bonchev–Trinajstić information content (AvgIpc) is 2.26. The van der Waals surface area contributed by atoms with Gasteiger partial charge in [0.25, 0.3) is 0 Å². The molecule has 1 N–H and O–H groups in total. The van der Waals surface area contributed by atoms with Crippen LogP contribution in [0.15, 0.2) is 0 Å². The van der Waals surface area contributed by atoms with Crippen LogP contribution in [-0.4, -0.2) is 47.8 Å². The van der Waals surface area contributed by atoms with Gasteiger partial charge < -0.3 is 15.0 Å². The first kappa shape index (κ1) is 14.9. The summed E-state index contributed by atoms with van der Waals surface area (Å²) >= 11 is 5.85. The molecule has 1 aromatic rings. The van der Waals surface area contributed by atoms with Gasteiger partial charge in [-0.1, -0.05) is 0 Å². The molecule has 0 saturated carbocycles. The highest BCUT2D eigenvalue weighted by Crippen LogP contribution is 2.14. The maximum absolute atomic E-state index is 5.85. The van der Waals surface area contributed by atoms with Gasteiger partial charge in [0.05, 0.1) is 5.60 Å². The summed E-state index contributed by atoms with van der Waals surface area (Å²) in [6, 6.07) is 0. The Morgan fingerprint density at radius 2 is 1.94 bits per heavy atom. The lowest BCUT2D eigenvalue weighted by Crippen LogP contribution is -2.34. The van der Waals surface area contributed by atoms with Gasteiger partial charge in [0.15, 0.2) is 0 Å². The highest BCUT2D eigenvalue weighted by molar-refractivity contribution is 6.28. The molecule has 0 bridgehead atoms. The molecule has 0 unspecified atom stereocenters. The van der Waals surface area contributed by atoms with E-state index in [4.69, 9.17) is 16.3 Å². The van der Waals surface area contributed by atoms with Gasteiger partial charge in [-0.3, -0.25) is 0 Å². The number of hydrogen-bond acceptors (Lipinski definition) is 6. The summed E-state index contributed by atoms with van der Waals surface area (Å²) in [4.78, 5) is 14.1. The fourth-order valence-corrected chi connectivity index (χ4v) is 1.51. The Hall–Kier alpha value is -1.14. The minimum absolute atomic E-state index is 0.172. The van der Waals surface area contributed by atoms with E-state index in [-0.39, 0.29) is 10.9 Å². The number of anilines is 2. The van der Waals surface area contributed by atoms with E-state index in [0.717, 1.165) is 0 Å². The Morgan fingerprint density at radius 3 is 2.50 bits per heavy atom. The number of nitrogens with one attached hydrogen (secondary N) is 1. The zero-order chi connectivity index (χ0) is 13.8. The van der Waals surface area contributed by atoms with E-state index in [2.05, 4.69) is 20.3 Å². The normalized spacial score (nSPS) is 11.4. The van der Waals surface area contributed by atoms with Crippen molar-refractivity contribution in [2.24, 2.45) is 0 Å². The van der Waals surface area contributed by atoms with E-state index in [1.165, 1.54) is 0 Å². The van der Waals surface area contributed by atoms with Crippen molar-refractivity contribution in [3.05, 3.63) is 5.28 Å². The van der Waals surface area contributed by atoms with Gasteiger partial charge in [-0.25, -0.2) is 0 Å². The van der Waals surface area contributed by atoms with Gasteiger partial charge in [-0.15, -0.1) is 0 Å². The van der Waals surface area contributed by atoms with E-state index < -0.39 is 0 Å². The predicted octanol–water partition coefficient (Wildman–Crippen LogP) is 1.82. The van der Waals surface area contributed by atoms with Crippen LogP contribution in [0.5, 0.6) is 0 Å². The molecule has 18 heavy (non-hydrogen) atoms. The summed E-state index contributed by atoms with van der Waals surface area (Å²) in [5.74, 6) is 0.971. The largest absolute Gasteiger partial charge is 0.374 e. The third kappa shape index (κ3) is 4.62. The Kier molecular flexibility index (Phi) is 5.10. The number of ether oxygens (including phenoxy) is 1. The van der Waals surface area contributed by atoms with Crippen molar-refractivity contribution in [2.75, 3.05) is 37.5 Å². The minimum Gasteiger partial charge on any atom is -0.374 e. The van der Waals surface area contributed by atoms with Gasteiger partial charge in [0.2, 0.25) is 17.2 Å². The first-order chi connectivity index (χ1) is 8.34. The smallest absolute Gasteiger partial charge is 0.230 e. The Morgan fingerprint density at radius 1 is 1.28 bits per heavy atom. The molecule has 0 fully saturated rings. The van der Waals surface area contributed by atoms with Gasteiger partial charge in [-0.2, -0.15) is 15.0 Å². The van der Waals surface area contributed by atoms with E-state index >= 15 is 0 Å². The van der Waals surface area contributed by atoms with Crippen LogP contribution in [-0.2, 0) is 4.74 Å². The summed E-state index contributed by atoms with van der Waals surface area (Å²) in [5, 5.41) is 3.28. The number of hydrogen-bond donors (Lipinski definition) is 1. The second-order valence-corrected chi connectivity index (χ2v) is 5.01. The lowest BCUT2D eigenvalue weighted by molar-refractivity contribution is 0.000580. The lowest BCUT2D eigenvalue weighted by Gasteiger charge is -2.25. The number of nitrogens with zero attached hydrogens (tertiary/aromatic N) is 4. The third-order valence-electron chi connectivity index (χ3n) is 2.20. The van der Waals surface area contributed by atoms with Crippen LogP contribution >= 0.6 is 11.6 Å². The van der Waals surface area contributed by atoms with Crippen molar-refractivity contribution in [1.82, 2.24) is 15.0 Å². The maximum Gasteiger partial charge on any atom is 0.230 e. The molecule has 7 heteroatoms. The number of halogens is 1. The van der Waals surface area contributed by atoms with Crippen LogP contribution in [0.1, 0.15) is 20.8 Å². The highest BCUT2D eigenvalue weighted by Gasteiger charge is 2.18. The molecule has 0 aliphatic heterocycles. The van der Waals surface area contributed by atoms with Crippen LogP contribution in [0.25, 0.3) is 0 Å². The average molecular weight is 274 g/mol. The molecular weight excluding hydrogens is 254 g/mol. The predicted molar refractivity (Wildman–Crippen MR) is 73.4 cm³/mol. The second-order valence-electron chi connectivity index (χ2n) is 4.67. The van der Waals surface area contributed by atoms with E-state index in [1.807, 2.05) is 34.9 Å². The molecule has 1 rings (SSSR count). The minimum atomic E-state index is -0.286. The van der Waals surface area contributed by atoms with Crippen molar-refractivity contribution >= 4 is 23.5 Å². The van der Waals surface area contributed by atoms with Gasteiger partial charge >= 0.3 is 0 Å². The zero-order valence-electron chi connectivity index (χ0n) is 11.5. The lowest BCUT2D eigenvalue weighted by atomic mass is 10.1. The summed E-state index contributed by atoms with van der Waals surface area (Å²) in [7, 11) is 3.69. The quantitative estimate of drug-likeness (QED) is 0.853. The first-order valence-electron chi connectivity index (χ1n) is 5.81.